The molecule has 0 N–H and O–H groups in total. The number of carbonyl (C=O) groups excluding carboxylic acids is 2. The third kappa shape index (κ3) is 3.92. The lowest BCUT2D eigenvalue weighted by atomic mass is 9.91. The van der Waals surface area contributed by atoms with E-state index < -0.39 is 11.9 Å². The zero-order chi connectivity index (χ0) is 15.2. The van der Waals surface area contributed by atoms with E-state index in [4.69, 9.17) is 16.3 Å². The maximum atomic E-state index is 12.5. The molecule has 0 radical (unpaired) electrons. The normalized spacial score (nSPS) is 11.7. The van der Waals surface area contributed by atoms with Crippen LogP contribution in [0.25, 0.3) is 0 Å². The monoisotopic (exact) mass is 302 g/mol. The minimum atomic E-state index is -0.849. The van der Waals surface area contributed by atoms with Gasteiger partial charge in [0.1, 0.15) is 5.92 Å². The molecule has 2 aromatic rings. The number of ether oxygens (including phenoxy) is 1. The van der Waals surface area contributed by atoms with Crippen molar-refractivity contribution in [2.45, 2.75) is 6.42 Å². The highest BCUT2D eigenvalue weighted by Gasteiger charge is 2.28. The predicted molar refractivity (Wildman–Crippen MR) is 81.4 cm³/mol. The fourth-order valence-corrected chi connectivity index (χ4v) is 2.22. The van der Waals surface area contributed by atoms with E-state index in [9.17, 15) is 9.59 Å². The van der Waals surface area contributed by atoms with Gasteiger partial charge in [-0.25, -0.2) is 0 Å². The topological polar surface area (TPSA) is 43.4 Å². The first-order valence-corrected chi connectivity index (χ1v) is 6.91. The molecule has 21 heavy (non-hydrogen) atoms. The Hall–Kier alpha value is -2.13. The summed E-state index contributed by atoms with van der Waals surface area (Å²) in [6.07, 6.45) is 0.314. The third-order valence-corrected chi connectivity index (χ3v) is 3.47. The quantitative estimate of drug-likeness (QED) is 0.482. The lowest BCUT2D eigenvalue weighted by Gasteiger charge is -2.14. The van der Waals surface area contributed by atoms with E-state index in [2.05, 4.69) is 0 Å². The van der Waals surface area contributed by atoms with E-state index in [0.29, 0.717) is 17.0 Å². The fraction of sp³-hybridized carbons (Fsp3) is 0.176. The summed E-state index contributed by atoms with van der Waals surface area (Å²) in [7, 11) is 1.29. The number of carbonyl (C=O) groups is 2. The van der Waals surface area contributed by atoms with Crippen molar-refractivity contribution in [2.24, 2.45) is 5.92 Å². The molecule has 0 aliphatic rings. The van der Waals surface area contributed by atoms with Crippen LogP contribution in [0.1, 0.15) is 15.9 Å². The van der Waals surface area contributed by atoms with Crippen molar-refractivity contribution in [3.8, 4) is 0 Å². The van der Waals surface area contributed by atoms with Crippen LogP contribution in [-0.2, 0) is 16.0 Å². The van der Waals surface area contributed by atoms with E-state index in [0.717, 1.165) is 5.56 Å². The van der Waals surface area contributed by atoms with Crippen molar-refractivity contribution in [3.63, 3.8) is 0 Å². The van der Waals surface area contributed by atoms with E-state index >= 15 is 0 Å². The van der Waals surface area contributed by atoms with Crippen LogP contribution in [-0.4, -0.2) is 18.9 Å². The van der Waals surface area contributed by atoms with Crippen LogP contribution in [0.3, 0.4) is 0 Å². The Kier molecular flexibility index (Phi) is 5.12. The van der Waals surface area contributed by atoms with Gasteiger partial charge in [0, 0.05) is 10.6 Å². The van der Waals surface area contributed by atoms with E-state index in [1.54, 1.807) is 24.3 Å². The van der Waals surface area contributed by atoms with Gasteiger partial charge in [-0.3, -0.25) is 9.59 Å². The number of halogens is 1. The molecule has 1 atom stereocenters. The van der Waals surface area contributed by atoms with Crippen molar-refractivity contribution in [1.82, 2.24) is 0 Å². The van der Waals surface area contributed by atoms with E-state index in [-0.39, 0.29) is 5.78 Å². The number of esters is 1. The molecule has 0 heterocycles. The first-order valence-electron chi connectivity index (χ1n) is 6.53. The van der Waals surface area contributed by atoms with Crippen LogP contribution in [0, 0.1) is 5.92 Å². The summed E-state index contributed by atoms with van der Waals surface area (Å²) in [5.74, 6) is -1.64. The van der Waals surface area contributed by atoms with Crippen LogP contribution in [0.5, 0.6) is 0 Å². The summed E-state index contributed by atoms with van der Waals surface area (Å²) in [6.45, 7) is 0. The molecule has 0 aliphatic carbocycles. The largest absolute Gasteiger partial charge is 0.468 e. The van der Waals surface area contributed by atoms with Crippen LogP contribution in [0.15, 0.2) is 54.6 Å². The van der Waals surface area contributed by atoms with E-state index in [1.165, 1.54) is 7.11 Å². The third-order valence-electron chi connectivity index (χ3n) is 3.21. The Labute approximate surface area is 128 Å². The van der Waals surface area contributed by atoms with Gasteiger partial charge < -0.3 is 4.74 Å². The molecule has 2 aromatic carbocycles. The van der Waals surface area contributed by atoms with Gasteiger partial charge >= 0.3 is 5.97 Å². The average Bonchev–Trinajstić information content (AvgIpc) is 2.53. The second-order valence-corrected chi connectivity index (χ2v) is 5.07. The van der Waals surface area contributed by atoms with Crippen LogP contribution >= 0.6 is 11.6 Å². The van der Waals surface area contributed by atoms with Crippen LogP contribution < -0.4 is 0 Å². The summed E-state index contributed by atoms with van der Waals surface area (Å²) in [6, 6.07) is 15.9. The van der Waals surface area contributed by atoms with Crippen molar-refractivity contribution < 1.29 is 14.3 Å². The molecule has 0 bridgehead atoms. The van der Waals surface area contributed by atoms with Gasteiger partial charge in [0.25, 0.3) is 0 Å². The molecule has 0 unspecified atom stereocenters. The minimum Gasteiger partial charge on any atom is -0.468 e. The van der Waals surface area contributed by atoms with Crippen molar-refractivity contribution in [2.75, 3.05) is 7.11 Å². The molecule has 2 rings (SSSR count). The summed E-state index contributed by atoms with van der Waals surface area (Å²) >= 11 is 5.81. The second kappa shape index (κ2) is 7.04. The molecule has 0 fully saturated rings. The van der Waals surface area contributed by atoms with Gasteiger partial charge in [-0.15, -0.1) is 0 Å². The first-order chi connectivity index (χ1) is 10.1. The predicted octanol–water partition coefficient (Wildman–Crippen LogP) is 3.55. The standard InChI is InChI=1S/C17H15ClO3/c1-21-17(20)15(11-12-5-3-2-4-6-12)16(19)13-7-9-14(18)10-8-13/h2-10,15H,11H2,1H3/t15-/m1/s1. The van der Waals surface area contributed by atoms with Crippen molar-refractivity contribution >= 4 is 23.4 Å². The SMILES string of the molecule is COC(=O)[C@H](Cc1ccccc1)C(=O)c1ccc(Cl)cc1. The lowest BCUT2D eigenvalue weighted by Crippen LogP contribution is -2.27. The molecule has 0 aliphatic heterocycles. The number of ketones is 1. The zero-order valence-electron chi connectivity index (χ0n) is 11.6. The smallest absolute Gasteiger partial charge is 0.316 e. The maximum absolute atomic E-state index is 12.5. The van der Waals surface area contributed by atoms with Crippen LogP contribution in [0.4, 0.5) is 0 Å². The van der Waals surface area contributed by atoms with Gasteiger partial charge in [0.15, 0.2) is 5.78 Å². The van der Waals surface area contributed by atoms with Crippen LogP contribution in [0.2, 0.25) is 5.02 Å². The zero-order valence-corrected chi connectivity index (χ0v) is 12.3. The first kappa shape index (κ1) is 15.3. The highest BCUT2D eigenvalue weighted by molar-refractivity contribution is 6.30. The van der Waals surface area contributed by atoms with Crippen molar-refractivity contribution in [3.05, 3.63) is 70.7 Å². The Bertz CT molecular complexity index is 620. The Morgan fingerprint density at radius 1 is 1.05 bits per heavy atom. The summed E-state index contributed by atoms with van der Waals surface area (Å²) in [4.78, 5) is 24.4. The Balaban J connectivity index is 2.25. The minimum absolute atomic E-state index is 0.262. The number of Topliss-reactive ketones (excluding diaryl/α,β-unsaturated/α-hetero) is 1. The lowest BCUT2D eigenvalue weighted by molar-refractivity contribution is -0.143. The Morgan fingerprint density at radius 2 is 1.67 bits per heavy atom. The number of methoxy groups -OCH3 is 1. The highest BCUT2D eigenvalue weighted by atomic mass is 35.5. The fourth-order valence-electron chi connectivity index (χ4n) is 2.09. The highest BCUT2D eigenvalue weighted by Crippen LogP contribution is 2.18. The number of rotatable bonds is 5. The number of hydrogen-bond acceptors (Lipinski definition) is 3. The number of hydrogen-bond donors (Lipinski definition) is 0. The summed E-state index contributed by atoms with van der Waals surface area (Å²) in [5.41, 5.74) is 1.36. The summed E-state index contributed by atoms with van der Waals surface area (Å²) in [5, 5.41) is 0.546. The Morgan fingerprint density at radius 3 is 2.24 bits per heavy atom. The second-order valence-electron chi connectivity index (χ2n) is 4.64. The van der Waals surface area contributed by atoms with Gasteiger partial charge in [0.2, 0.25) is 0 Å². The molecule has 0 saturated heterocycles. The van der Waals surface area contributed by atoms with Gasteiger partial charge in [-0.1, -0.05) is 41.9 Å². The molecule has 0 aromatic heterocycles. The van der Waals surface area contributed by atoms with Gasteiger partial charge in [-0.05, 0) is 36.2 Å². The van der Waals surface area contributed by atoms with Gasteiger partial charge in [-0.2, -0.15) is 0 Å². The average molecular weight is 303 g/mol. The maximum Gasteiger partial charge on any atom is 0.316 e. The molecular formula is C17H15ClO3. The number of benzene rings is 2. The van der Waals surface area contributed by atoms with Crippen molar-refractivity contribution in [1.29, 1.82) is 0 Å². The molecule has 108 valence electrons. The molecule has 0 amide bonds. The molecule has 0 saturated carbocycles. The molecular weight excluding hydrogens is 288 g/mol. The van der Waals surface area contributed by atoms with Gasteiger partial charge in [0.05, 0.1) is 7.11 Å². The summed E-state index contributed by atoms with van der Waals surface area (Å²) < 4.78 is 4.77. The molecule has 0 spiro atoms. The van der Waals surface area contributed by atoms with E-state index in [1.807, 2.05) is 30.3 Å². The molecule has 4 heteroatoms. The molecule has 3 nitrogen and oxygen atoms in total.